The number of carbonyl (C=O) groups excluding carboxylic acids is 1. The third-order valence-electron chi connectivity index (χ3n) is 4.15. The Morgan fingerprint density at radius 2 is 2.00 bits per heavy atom. The van der Waals surface area contributed by atoms with Crippen molar-refractivity contribution in [3.05, 3.63) is 70.5 Å². The fourth-order valence-corrected chi connectivity index (χ4v) is 3.59. The monoisotopic (exact) mass is 363 g/mol. The summed E-state index contributed by atoms with van der Waals surface area (Å²) in [4.78, 5) is 17.3. The minimum Gasteiger partial charge on any atom is -0.366 e. The second kappa shape index (κ2) is 6.61. The van der Waals surface area contributed by atoms with Crippen molar-refractivity contribution in [2.45, 2.75) is 13.0 Å². The van der Waals surface area contributed by atoms with E-state index in [1.165, 1.54) is 11.3 Å². The van der Waals surface area contributed by atoms with Gasteiger partial charge in [-0.1, -0.05) is 30.3 Å². The lowest BCUT2D eigenvalue weighted by Crippen LogP contribution is -2.25. The van der Waals surface area contributed by atoms with E-state index < -0.39 is 0 Å². The Balaban J connectivity index is 1.54. The molecule has 130 valence electrons. The van der Waals surface area contributed by atoms with Crippen molar-refractivity contribution in [2.75, 3.05) is 5.73 Å². The first-order valence-electron chi connectivity index (χ1n) is 8.17. The van der Waals surface area contributed by atoms with Crippen molar-refractivity contribution in [3.8, 4) is 11.1 Å². The first-order valence-corrected chi connectivity index (χ1v) is 9.05. The zero-order chi connectivity index (χ0) is 18.1. The van der Waals surface area contributed by atoms with Crippen LogP contribution in [-0.4, -0.2) is 20.5 Å². The summed E-state index contributed by atoms with van der Waals surface area (Å²) in [7, 11) is 0. The number of nitrogens with one attached hydrogen (secondary N) is 1. The maximum atomic E-state index is 12.5. The number of anilines is 1. The number of carbonyl (C=O) groups is 1. The molecular formula is C19H17N5OS. The van der Waals surface area contributed by atoms with Gasteiger partial charge >= 0.3 is 0 Å². The van der Waals surface area contributed by atoms with E-state index in [4.69, 9.17) is 5.73 Å². The van der Waals surface area contributed by atoms with E-state index in [1.54, 1.807) is 4.52 Å². The minimum atomic E-state index is -0.0799. The van der Waals surface area contributed by atoms with Gasteiger partial charge in [0.05, 0.1) is 10.9 Å². The van der Waals surface area contributed by atoms with Gasteiger partial charge in [0.25, 0.3) is 5.91 Å². The van der Waals surface area contributed by atoms with Crippen molar-refractivity contribution in [1.82, 2.24) is 19.9 Å². The molecule has 1 aromatic carbocycles. The highest BCUT2D eigenvalue weighted by Crippen LogP contribution is 2.26. The normalized spacial score (nSPS) is 12.2. The van der Waals surface area contributed by atoms with Crippen LogP contribution in [0.4, 0.5) is 5.95 Å². The lowest BCUT2D eigenvalue weighted by atomic mass is 10.1. The van der Waals surface area contributed by atoms with E-state index in [0.29, 0.717) is 10.5 Å². The first kappa shape index (κ1) is 16.3. The quantitative estimate of drug-likeness (QED) is 0.581. The predicted octanol–water partition coefficient (Wildman–Crippen LogP) is 3.53. The Bertz CT molecular complexity index is 1070. The van der Waals surface area contributed by atoms with Crippen LogP contribution in [0.25, 0.3) is 16.8 Å². The maximum Gasteiger partial charge on any atom is 0.261 e. The van der Waals surface area contributed by atoms with Gasteiger partial charge < -0.3 is 11.1 Å². The van der Waals surface area contributed by atoms with Crippen LogP contribution in [-0.2, 0) is 0 Å². The van der Waals surface area contributed by atoms with Crippen LogP contribution in [0.1, 0.15) is 28.2 Å². The fraction of sp³-hybridized carbons (Fsp3) is 0.105. The molecule has 4 aromatic rings. The molecule has 0 spiro atoms. The Hall–Kier alpha value is -3.19. The summed E-state index contributed by atoms with van der Waals surface area (Å²) in [6, 6.07) is 15.5. The molecule has 1 amide bonds. The number of thiophene rings is 1. The van der Waals surface area contributed by atoms with Gasteiger partial charge in [0.2, 0.25) is 5.95 Å². The maximum absolute atomic E-state index is 12.5. The highest BCUT2D eigenvalue weighted by Gasteiger charge is 2.14. The number of fused-ring (bicyclic) bond motifs is 1. The van der Waals surface area contributed by atoms with Gasteiger partial charge in [0.1, 0.15) is 0 Å². The van der Waals surface area contributed by atoms with Crippen molar-refractivity contribution in [3.63, 3.8) is 0 Å². The van der Waals surface area contributed by atoms with Crippen LogP contribution in [0.3, 0.4) is 0 Å². The molecule has 0 unspecified atom stereocenters. The number of aromatic nitrogens is 3. The highest BCUT2D eigenvalue weighted by atomic mass is 32.1. The zero-order valence-electron chi connectivity index (χ0n) is 14.1. The number of nitrogen functional groups attached to an aromatic ring is 1. The largest absolute Gasteiger partial charge is 0.366 e. The summed E-state index contributed by atoms with van der Waals surface area (Å²) < 4.78 is 1.64. The Kier molecular flexibility index (Phi) is 4.14. The molecule has 26 heavy (non-hydrogen) atoms. The van der Waals surface area contributed by atoms with Crippen molar-refractivity contribution in [2.24, 2.45) is 0 Å². The number of benzene rings is 1. The van der Waals surface area contributed by atoms with Crippen molar-refractivity contribution in [1.29, 1.82) is 0 Å². The number of nitrogens with two attached hydrogens (primary N) is 1. The molecule has 1 atom stereocenters. The lowest BCUT2D eigenvalue weighted by molar-refractivity contribution is 0.0944. The summed E-state index contributed by atoms with van der Waals surface area (Å²) in [6.45, 7) is 1.98. The summed E-state index contributed by atoms with van der Waals surface area (Å²) in [5, 5.41) is 9.12. The molecule has 0 radical (unpaired) electrons. The zero-order valence-corrected chi connectivity index (χ0v) is 14.9. The average Bonchev–Trinajstić information content (AvgIpc) is 3.27. The van der Waals surface area contributed by atoms with Crippen LogP contribution < -0.4 is 11.1 Å². The van der Waals surface area contributed by atoms with Gasteiger partial charge in [-0.2, -0.15) is 4.98 Å². The van der Waals surface area contributed by atoms with Crippen LogP contribution in [0.2, 0.25) is 0 Å². The van der Waals surface area contributed by atoms with E-state index in [2.05, 4.69) is 15.4 Å². The molecule has 3 heterocycles. The van der Waals surface area contributed by atoms with E-state index >= 15 is 0 Å². The first-order chi connectivity index (χ1) is 12.6. The van der Waals surface area contributed by atoms with E-state index in [9.17, 15) is 4.79 Å². The molecule has 0 aliphatic rings. The number of amides is 1. The second-order valence-corrected chi connectivity index (χ2v) is 6.91. The van der Waals surface area contributed by atoms with Gasteiger partial charge in [-0.25, -0.2) is 4.52 Å². The van der Waals surface area contributed by atoms with Crippen LogP contribution in [0, 0.1) is 0 Å². The molecule has 4 rings (SSSR count). The van der Waals surface area contributed by atoms with E-state index in [1.807, 2.05) is 67.0 Å². The molecule has 3 N–H and O–H groups in total. The third-order valence-corrected chi connectivity index (χ3v) is 5.08. The van der Waals surface area contributed by atoms with Crippen LogP contribution in [0.15, 0.2) is 60.1 Å². The molecule has 0 aliphatic heterocycles. The number of hydrogen-bond acceptors (Lipinski definition) is 5. The third kappa shape index (κ3) is 3.16. The lowest BCUT2D eigenvalue weighted by Gasteiger charge is -2.13. The van der Waals surface area contributed by atoms with Crippen molar-refractivity contribution >= 4 is 28.8 Å². The number of rotatable bonds is 4. The average molecular weight is 363 g/mol. The molecule has 6 nitrogen and oxygen atoms in total. The van der Waals surface area contributed by atoms with E-state index in [0.717, 1.165) is 16.7 Å². The second-order valence-electron chi connectivity index (χ2n) is 6.00. The highest BCUT2D eigenvalue weighted by molar-refractivity contribution is 7.12. The molecule has 0 bridgehead atoms. The molecule has 0 aliphatic carbocycles. The topological polar surface area (TPSA) is 85.3 Å². The standard InChI is InChI=1S/C19H17N5OS/c1-12(13-5-3-2-4-6-13)21-18(25)16-9-15(11-26-16)14-7-8-17-22-19(20)23-24(17)10-14/h2-12H,1H3,(H2,20,23)(H,21,25)/t12-/m1/s1. The molecule has 7 heteroatoms. The molecule has 0 fully saturated rings. The van der Waals surface area contributed by atoms with Crippen LogP contribution in [0.5, 0.6) is 0 Å². The summed E-state index contributed by atoms with van der Waals surface area (Å²) in [6.07, 6.45) is 1.86. The SMILES string of the molecule is C[C@@H](NC(=O)c1cc(-c2ccc3nc(N)nn3c2)cs1)c1ccccc1. The fourth-order valence-electron chi connectivity index (χ4n) is 2.77. The van der Waals surface area contributed by atoms with E-state index in [-0.39, 0.29) is 17.9 Å². The van der Waals surface area contributed by atoms with Gasteiger partial charge in [0, 0.05) is 11.8 Å². The Morgan fingerprint density at radius 3 is 2.81 bits per heavy atom. The molecule has 3 aromatic heterocycles. The van der Waals surface area contributed by atoms with Gasteiger partial charge in [0.15, 0.2) is 5.65 Å². The van der Waals surface area contributed by atoms with Gasteiger partial charge in [-0.3, -0.25) is 4.79 Å². The summed E-state index contributed by atoms with van der Waals surface area (Å²) >= 11 is 1.42. The van der Waals surface area contributed by atoms with Crippen LogP contribution >= 0.6 is 11.3 Å². The number of hydrogen-bond donors (Lipinski definition) is 2. The number of nitrogens with zero attached hydrogens (tertiary/aromatic N) is 3. The summed E-state index contributed by atoms with van der Waals surface area (Å²) in [5.41, 5.74) is 9.30. The smallest absolute Gasteiger partial charge is 0.261 e. The molecule has 0 saturated heterocycles. The van der Waals surface area contributed by atoms with Gasteiger partial charge in [-0.05, 0) is 41.6 Å². The molecular weight excluding hydrogens is 346 g/mol. The Morgan fingerprint density at radius 1 is 1.19 bits per heavy atom. The Labute approximate surface area is 154 Å². The molecule has 0 saturated carbocycles. The minimum absolute atomic E-state index is 0.0521. The van der Waals surface area contributed by atoms with Crippen molar-refractivity contribution < 1.29 is 4.79 Å². The predicted molar refractivity (Wildman–Crippen MR) is 103 cm³/mol. The summed E-state index contributed by atoms with van der Waals surface area (Å²) in [5.74, 6) is 0.158. The number of pyridine rings is 1. The van der Waals surface area contributed by atoms with Gasteiger partial charge in [-0.15, -0.1) is 16.4 Å².